The molecule has 1 rings (SSSR count). The highest BCUT2D eigenvalue weighted by atomic mass is 16.5. The third kappa shape index (κ3) is 2.47. The topological polar surface area (TPSA) is 47.3 Å². The Morgan fingerprint density at radius 2 is 2.07 bits per heavy atom. The van der Waals surface area contributed by atoms with Crippen LogP contribution in [0.3, 0.4) is 0 Å². The molecular formula is C11H24N2O. The van der Waals surface area contributed by atoms with Gasteiger partial charge in [0.1, 0.15) is 0 Å². The molecule has 0 bridgehead atoms. The molecule has 0 spiro atoms. The molecule has 0 aromatic rings. The van der Waals surface area contributed by atoms with Crippen molar-refractivity contribution in [3.63, 3.8) is 0 Å². The van der Waals surface area contributed by atoms with Crippen molar-refractivity contribution in [3.8, 4) is 0 Å². The van der Waals surface area contributed by atoms with E-state index in [9.17, 15) is 0 Å². The number of hydrogen-bond acceptors (Lipinski definition) is 3. The molecule has 0 aromatic carbocycles. The lowest BCUT2D eigenvalue weighted by molar-refractivity contribution is 0.0852. The smallest absolute Gasteiger partial charge is 0.0591 e. The Labute approximate surface area is 87.4 Å². The van der Waals surface area contributed by atoms with E-state index in [1.54, 1.807) is 0 Å². The zero-order chi connectivity index (χ0) is 10.6. The molecule has 1 fully saturated rings. The highest BCUT2D eigenvalue weighted by molar-refractivity contribution is 4.86. The Morgan fingerprint density at radius 3 is 2.43 bits per heavy atom. The molecular weight excluding hydrogens is 176 g/mol. The van der Waals surface area contributed by atoms with Gasteiger partial charge in [-0.1, -0.05) is 26.7 Å². The van der Waals surface area contributed by atoms with Gasteiger partial charge in [0.15, 0.2) is 0 Å². The lowest BCUT2D eigenvalue weighted by Gasteiger charge is -2.31. The molecule has 84 valence electrons. The minimum Gasteiger partial charge on any atom is -0.378 e. The van der Waals surface area contributed by atoms with Gasteiger partial charge in [0.2, 0.25) is 0 Å². The van der Waals surface area contributed by atoms with E-state index in [0.29, 0.717) is 24.0 Å². The maximum Gasteiger partial charge on any atom is 0.0591 e. The molecule has 3 N–H and O–H groups in total. The molecule has 1 aliphatic heterocycles. The molecule has 3 nitrogen and oxygen atoms in total. The zero-order valence-electron chi connectivity index (χ0n) is 9.62. The van der Waals surface area contributed by atoms with E-state index < -0.39 is 0 Å². The van der Waals surface area contributed by atoms with Gasteiger partial charge in [0, 0.05) is 18.6 Å². The van der Waals surface area contributed by atoms with Crippen molar-refractivity contribution in [1.29, 1.82) is 0 Å². The fourth-order valence-corrected chi connectivity index (χ4v) is 2.63. The molecule has 0 amide bonds. The van der Waals surface area contributed by atoms with Crippen LogP contribution < -0.4 is 11.3 Å². The van der Waals surface area contributed by atoms with E-state index in [1.165, 1.54) is 12.8 Å². The predicted octanol–water partition coefficient (Wildman–Crippen LogP) is 1.68. The average Bonchev–Trinajstić information content (AvgIpc) is 2.61. The van der Waals surface area contributed by atoms with Crippen LogP contribution in [0.1, 0.15) is 40.0 Å². The van der Waals surface area contributed by atoms with Gasteiger partial charge in [-0.3, -0.25) is 11.3 Å². The van der Waals surface area contributed by atoms with Crippen molar-refractivity contribution in [1.82, 2.24) is 5.43 Å². The Hall–Kier alpha value is -0.120. The first-order valence-electron chi connectivity index (χ1n) is 5.82. The van der Waals surface area contributed by atoms with Gasteiger partial charge in [0.25, 0.3) is 0 Å². The van der Waals surface area contributed by atoms with Gasteiger partial charge in [-0.15, -0.1) is 0 Å². The molecule has 1 saturated heterocycles. The second-order valence-electron chi connectivity index (χ2n) is 4.30. The summed E-state index contributed by atoms with van der Waals surface area (Å²) in [5.41, 5.74) is 3.00. The van der Waals surface area contributed by atoms with Crippen molar-refractivity contribution < 1.29 is 4.74 Å². The minimum absolute atomic E-state index is 0.358. The quantitative estimate of drug-likeness (QED) is 0.524. The summed E-state index contributed by atoms with van der Waals surface area (Å²) in [7, 11) is 0. The molecule has 3 unspecified atom stereocenters. The monoisotopic (exact) mass is 200 g/mol. The van der Waals surface area contributed by atoms with Crippen molar-refractivity contribution in [2.75, 3.05) is 6.61 Å². The normalized spacial score (nSPS) is 29.8. The summed E-state index contributed by atoms with van der Waals surface area (Å²) in [6, 6.07) is 0.419. The molecule has 1 aliphatic rings. The van der Waals surface area contributed by atoms with Crippen LogP contribution in [0.25, 0.3) is 0 Å². The van der Waals surface area contributed by atoms with E-state index in [1.807, 2.05) is 0 Å². The third-order valence-electron chi connectivity index (χ3n) is 3.65. The van der Waals surface area contributed by atoms with E-state index >= 15 is 0 Å². The standard InChI is InChI=1S/C11H24N2O/c1-4-9(5-2)11(13-12)10-6-7-14-8(10)3/h8-11,13H,4-7,12H2,1-3H3. The van der Waals surface area contributed by atoms with Crippen LogP contribution in [0, 0.1) is 11.8 Å². The van der Waals surface area contributed by atoms with Crippen molar-refractivity contribution in [2.24, 2.45) is 17.7 Å². The molecule has 0 aromatic heterocycles. The van der Waals surface area contributed by atoms with E-state index in [4.69, 9.17) is 10.6 Å². The summed E-state index contributed by atoms with van der Waals surface area (Å²) in [5.74, 6) is 6.92. The number of rotatable bonds is 5. The fourth-order valence-electron chi connectivity index (χ4n) is 2.63. The Bertz CT molecular complexity index is 159. The molecule has 3 heteroatoms. The maximum absolute atomic E-state index is 5.66. The summed E-state index contributed by atoms with van der Waals surface area (Å²) >= 11 is 0. The number of hydrogen-bond donors (Lipinski definition) is 2. The maximum atomic E-state index is 5.66. The Morgan fingerprint density at radius 1 is 1.43 bits per heavy atom. The number of hydrazine groups is 1. The summed E-state index contributed by atoms with van der Waals surface area (Å²) in [6.07, 6.45) is 3.88. The van der Waals surface area contributed by atoms with Gasteiger partial charge in [-0.25, -0.2) is 0 Å². The second-order valence-corrected chi connectivity index (χ2v) is 4.30. The lowest BCUT2D eigenvalue weighted by atomic mass is 9.82. The van der Waals surface area contributed by atoms with Crippen molar-refractivity contribution in [2.45, 2.75) is 52.2 Å². The van der Waals surface area contributed by atoms with Crippen LogP contribution in [0.2, 0.25) is 0 Å². The molecule has 14 heavy (non-hydrogen) atoms. The van der Waals surface area contributed by atoms with Crippen LogP contribution in [-0.2, 0) is 4.74 Å². The first-order valence-corrected chi connectivity index (χ1v) is 5.82. The zero-order valence-corrected chi connectivity index (χ0v) is 9.62. The SMILES string of the molecule is CCC(CC)C(NN)C1CCOC1C. The van der Waals surface area contributed by atoms with Crippen LogP contribution in [0.4, 0.5) is 0 Å². The Balaban J connectivity index is 2.59. The number of nitrogens with two attached hydrogens (primary N) is 1. The molecule has 0 saturated carbocycles. The van der Waals surface area contributed by atoms with Crippen molar-refractivity contribution >= 4 is 0 Å². The minimum atomic E-state index is 0.358. The second kappa shape index (κ2) is 5.69. The van der Waals surface area contributed by atoms with Crippen LogP contribution in [-0.4, -0.2) is 18.8 Å². The third-order valence-corrected chi connectivity index (χ3v) is 3.65. The van der Waals surface area contributed by atoms with Gasteiger partial charge in [-0.05, 0) is 19.3 Å². The predicted molar refractivity (Wildman–Crippen MR) is 58.7 cm³/mol. The molecule has 0 aliphatic carbocycles. The largest absolute Gasteiger partial charge is 0.378 e. The summed E-state index contributed by atoms with van der Waals surface area (Å²) in [5, 5.41) is 0. The average molecular weight is 200 g/mol. The summed E-state index contributed by atoms with van der Waals surface area (Å²) < 4.78 is 5.59. The summed E-state index contributed by atoms with van der Waals surface area (Å²) in [6.45, 7) is 7.52. The highest BCUT2D eigenvalue weighted by Crippen LogP contribution is 2.29. The van der Waals surface area contributed by atoms with Gasteiger partial charge < -0.3 is 4.74 Å². The van der Waals surface area contributed by atoms with Gasteiger partial charge >= 0.3 is 0 Å². The van der Waals surface area contributed by atoms with Crippen LogP contribution >= 0.6 is 0 Å². The molecule has 1 heterocycles. The number of ether oxygens (including phenoxy) is 1. The van der Waals surface area contributed by atoms with Crippen molar-refractivity contribution in [3.05, 3.63) is 0 Å². The van der Waals surface area contributed by atoms with Crippen LogP contribution in [0.15, 0.2) is 0 Å². The van der Waals surface area contributed by atoms with E-state index in [-0.39, 0.29) is 0 Å². The Kier molecular flexibility index (Phi) is 4.85. The molecule has 0 radical (unpaired) electrons. The first-order chi connectivity index (χ1) is 6.74. The highest BCUT2D eigenvalue weighted by Gasteiger charge is 2.34. The summed E-state index contributed by atoms with van der Waals surface area (Å²) in [4.78, 5) is 0. The molecule has 3 atom stereocenters. The van der Waals surface area contributed by atoms with Crippen LogP contribution in [0.5, 0.6) is 0 Å². The fraction of sp³-hybridized carbons (Fsp3) is 1.00. The number of nitrogens with one attached hydrogen (secondary N) is 1. The van der Waals surface area contributed by atoms with Gasteiger partial charge in [0.05, 0.1) is 6.10 Å². The van der Waals surface area contributed by atoms with E-state index in [2.05, 4.69) is 26.2 Å². The lowest BCUT2D eigenvalue weighted by Crippen LogP contribution is -2.47. The van der Waals surface area contributed by atoms with E-state index in [0.717, 1.165) is 13.0 Å². The first kappa shape index (κ1) is 12.0. The van der Waals surface area contributed by atoms with Gasteiger partial charge in [-0.2, -0.15) is 0 Å².